The molecule has 1 aliphatic heterocycles. The number of piperazine rings is 1. The van der Waals surface area contributed by atoms with Gasteiger partial charge >= 0.3 is 0 Å². The minimum absolute atomic E-state index is 0.446. The van der Waals surface area contributed by atoms with Crippen LogP contribution in [0.25, 0.3) is 0 Å². The number of benzene rings is 1. The molecule has 2 rings (SSSR count). The Bertz CT molecular complexity index is 377. The Morgan fingerprint density at radius 3 is 2.83 bits per heavy atom. The standard InChI is InChI=1S/C15H21ClN2/c1-2-14-12-18(10-6-9-16)15(11-17-14)13-7-4-3-5-8-13/h3-9,14-15,17H,2,10-12H2,1H3/b9-6+. The Labute approximate surface area is 115 Å². The first-order valence-corrected chi connectivity index (χ1v) is 7.06. The smallest absolute Gasteiger partial charge is 0.0476 e. The number of nitrogens with one attached hydrogen (secondary N) is 1. The minimum atomic E-state index is 0.446. The van der Waals surface area contributed by atoms with E-state index in [1.165, 1.54) is 12.0 Å². The van der Waals surface area contributed by atoms with E-state index in [1.807, 2.05) is 6.08 Å². The molecule has 1 fully saturated rings. The van der Waals surface area contributed by atoms with Gasteiger partial charge in [-0.2, -0.15) is 0 Å². The molecule has 98 valence electrons. The van der Waals surface area contributed by atoms with Crippen molar-refractivity contribution in [2.45, 2.75) is 25.4 Å². The molecule has 0 aromatic heterocycles. The molecular formula is C15H21ClN2. The average Bonchev–Trinajstić information content (AvgIpc) is 2.45. The maximum absolute atomic E-state index is 5.66. The average molecular weight is 265 g/mol. The molecule has 1 aliphatic rings. The van der Waals surface area contributed by atoms with Crippen molar-refractivity contribution >= 4 is 11.6 Å². The van der Waals surface area contributed by atoms with Gasteiger partial charge in [-0.05, 0) is 12.0 Å². The first kappa shape index (κ1) is 13.6. The molecule has 1 aromatic rings. The van der Waals surface area contributed by atoms with Crippen LogP contribution in [0.3, 0.4) is 0 Å². The van der Waals surface area contributed by atoms with Crippen molar-refractivity contribution in [3.05, 3.63) is 47.5 Å². The molecule has 1 N–H and O–H groups in total. The number of rotatable bonds is 4. The summed E-state index contributed by atoms with van der Waals surface area (Å²) in [5.41, 5.74) is 2.99. The van der Waals surface area contributed by atoms with Crippen molar-refractivity contribution < 1.29 is 0 Å². The lowest BCUT2D eigenvalue weighted by Crippen LogP contribution is -2.51. The van der Waals surface area contributed by atoms with Crippen LogP contribution >= 0.6 is 11.6 Å². The van der Waals surface area contributed by atoms with Crippen LogP contribution in [0.2, 0.25) is 0 Å². The lowest BCUT2D eigenvalue weighted by Gasteiger charge is -2.40. The lowest BCUT2D eigenvalue weighted by molar-refractivity contribution is 0.143. The number of hydrogen-bond donors (Lipinski definition) is 1. The quantitative estimate of drug-likeness (QED) is 0.899. The zero-order valence-corrected chi connectivity index (χ0v) is 11.6. The summed E-state index contributed by atoms with van der Waals surface area (Å²) >= 11 is 5.66. The fraction of sp³-hybridized carbons (Fsp3) is 0.467. The second-order valence-corrected chi connectivity index (χ2v) is 5.01. The second-order valence-electron chi connectivity index (χ2n) is 4.76. The van der Waals surface area contributed by atoms with E-state index in [0.717, 1.165) is 19.6 Å². The zero-order valence-electron chi connectivity index (χ0n) is 10.8. The second kappa shape index (κ2) is 6.93. The van der Waals surface area contributed by atoms with Gasteiger partial charge in [0.05, 0.1) is 0 Å². The van der Waals surface area contributed by atoms with Gasteiger partial charge in [0.15, 0.2) is 0 Å². The van der Waals surface area contributed by atoms with Gasteiger partial charge in [-0.15, -0.1) is 0 Å². The predicted octanol–water partition coefficient (Wildman–Crippen LogP) is 3.16. The van der Waals surface area contributed by atoms with Gasteiger partial charge in [-0.25, -0.2) is 0 Å². The molecule has 2 atom stereocenters. The summed E-state index contributed by atoms with van der Waals surface area (Å²) in [6, 6.07) is 11.7. The highest BCUT2D eigenvalue weighted by molar-refractivity contribution is 6.25. The molecule has 1 aromatic carbocycles. The molecule has 0 saturated carbocycles. The van der Waals surface area contributed by atoms with Crippen LogP contribution in [-0.2, 0) is 0 Å². The highest BCUT2D eigenvalue weighted by Gasteiger charge is 2.26. The van der Waals surface area contributed by atoms with Crippen LogP contribution in [0.1, 0.15) is 24.9 Å². The molecule has 2 unspecified atom stereocenters. The van der Waals surface area contributed by atoms with Crippen molar-refractivity contribution in [2.24, 2.45) is 0 Å². The van der Waals surface area contributed by atoms with E-state index in [-0.39, 0.29) is 0 Å². The highest BCUT2D eigenvalue weighted by atomic mass is 35.5. The largest absolute Gasteiger partial charge is 0.311 e. The fourth-order valence-corrected chi connectivity index (χ4v) is 2.62. The molecular weight excluding hydrogens is 244 g/mol. The summed E-state index contributed by atoms with van der Waals surface area (Å²) in [5.74, 6) is 0. The van der Waals surface area contributed by atoms with Gasteiger partial charge in [-0.1, -0.05) is 54.9 Å². The molecule has 0 bridgehead atoms. The van der Waals surface area contributed by atoms with E-state index in [1.54, 1.807) is 5.54 Å². The summed E-state index contributed by atoms with van der Waals surface area (Å²) < 4.78 is 0. The Kier molecular flexibility index (Phi) is 5.24. The summed E-state index contributed by atoms with van der Waals surface area (Å²) in [5, 5.41) is 3.63. The van der Waals surface area contributed by atoms with E-state index in [0.29, 0.717) is 12.1 Å². The fourth-order valence-electron chi connectivity index (χ4n) is 2.54. The van der Waals surface area contributed by atoms with Crippen molar-refractivity contribution in [1.82, 2.24) is 10.2 Å². The third-order valence-corrected chi connectivity index (χ3v) is 3.78. The highest BCUT2D eigenvalue weighted by Crippen LogP contribution is 2.23. The Hall–Kier alpha value is -0.830. The lowest BCUT2D eigenvalue weighted by atomic mass is 10.00. The molecule has 0 radical (unpaired) electrons. The minimum Gasteiger partial charge on any atom is -0.311 e. The van der Waals surface area contributed by atoms with Crippen LogP contribution in [0.4, 0.5) is 0 Å². The van der Waals surface area contributed by atoms with Gasteiger partial charge in [0.1, 0.15) is 0 Å². The first-order chi connectivity index (χ1) is 8.85. The Morgan fingerprint density at radius 2 is 2.17 bits per heavy atom. The van der Waals surface area contributed by atoms with E-state index in [4.69, 9.17) is 11.6 Å². The van der Waals surface area contributed by atoms with Crippen LogP contribution < -0.4 is 5.32 Å². The Morgan fingerprint density at radius 1 is 1.39 bits per heavy atom. The van der Waals surface area contributed by atoms with Crippen molar-refractivity contribution in [3.8, 4) is 0 Å². The van der Waals surface area contributed by atoms with Crippen molar-refractivity contribution in [2.75, 3.05) is 19.6 Å². The predicted molar refractivity (Wildman–Crippen MR) is 77.8 cm³/mol. The monoisotopic (exact) mass is 264 g/mol. The number of halogens is 1. The van der Waals surface area contributed by atoms with E-state index >= 15 is 0 Å². The normalized spacial score (nSPS) is 25.7. The summed E-state index contributed by atoms with van der Waals surface area (Å²) in [4.78, 5) is 2.50. The molecule has 0 amide bonds. The molecule has 0 aliphatic carbocycles. The third-order valence-electron chi connectivity index (χ3n) is 3.60. The van der Waals surface area contributed by atoms with E-state index in [2.05, 4.69) is 47.5 Å². The topological polar surface area (TPSA) is 15.3 Å². The van der Waals surface area contributed by atoms with Crippen LogP contribution in [0.15, 0.2) is 41.9 Å². The molecule has 2 nitrogen and oxygen atoms in total. The molecule has 3 heteroatoms. The van der Waals surface area contributed by atoms with Gasteiger partial charge < -0.3 is 5.32 Å². The number of nitrogens with zero attached hydrogens (tertiary/aromatic N) is 1. The third kappa shape index (κ3) is 3.35. The number of hydrogen-bond acceptors (Lipinski definition) is 2. The SMILES string of the molecule is CCC1CN(C/C=C/Cl)C(c2ccccc2)CN1. The van der Waals surface area contributed by atoms with Crippen molar-refractivity contribution in [1.29, 1.82) is 0 Å². The van der Waals surface area contributed by atoms with E-state index < -0.39 is 0 Å². The van der Waals surface area contributed by atoms with Gasteiger partial charge in [0.25, 0.3) is 0 Å². The van der Waals surface area contributed by atoms with Crippen LogP contribution in [-0.4, -0.2) is 30.6 Å². The maximum atomic E-state index is 5.66. The van der Waals surface area contributed by atoms with Crippen LogP contribution in [0.5, 0.6) is 0 Å². The molecule has 1 saturated heterocycles. The molecule has 0 spiro atoms. The van der Waals surface area contributed by atoms with Crippen LogP contribution in [0, 0.1) is 0 Å². The van der Waals surface area contributed by atoms with Gasteiger partial charge in [0, 0.05) is 37.3 Å². The van der Waals surface area contributed by atoms with Gasteiger partial charge in [-0.3, -0.25) is 4.90 Å². The van der Waals surface area contributed by atoms with Crippen molar-refractivity contribution in [3.63, 3.8) is 0 Å². The zero-order chi connectivity index (χ0) is 12.8. The Balaban J connectivity index is 2.11. The molecule has 1 heterocycles. The maximum Gasteiger partial charge on any atom is 0.0476 e. The van der Waals surface area contributed by atoms with Gasteiger partial charge in [0.2, 0.25) is 0 Å². The summed E-state index contributed by atoms with van der Waals surface area (Å²) in [7, 11) is 0. The molecule has 18 heavy (non-hydrogen) atoms. The summed E-state index contributed by atoms with van der Waals surface area (Å²) in [6.07, 6.45) is 3.19. The summed E-state index contributed by atoms with van der Waals surface area (Å²) in [6.45, 7) is 5.24. The first-order valence-electron chi connectivity index (χ1n) is 6.62. The van der Waals surface area contributed by atoms with E-state index in [9.17, 15) is 0 Å².